The third kappa shape index (κ3) is 6.11. The lowest BCUT2D eigenvalue weighted by atomic mass is 9.88. The first-order chi connectivity index (χ1) is 13.1. The van der Waals surface area contributed by atoms with Gasteiger partial charge in [0.05, 0.1) is 0 Å². The van der Waals surface area contributed by atoms with Crippen LogP contribution >= 0.6 is 0 Å². The molecule has 0 saturated carbocycles. The van der Waals surface area contributed by atoms with Crippen molar-refractivity contribution < 1.29 is 19.5 Å². The Labute approximate surface area is 164 Å². The number of aromatic amines is 1. The van der Waals surface area contributed by atoms with Crippen LogP contribution in [0.15, 0.2) is 30.5 Å². The number of hydrogen-bond donors (Lipinski definition) is 4. The van der Waals surface area contributed by atoms with Crippen LogP contribution in [0, 0.1) is 5.41 Å². The van der Waals surface area contributed by atoms with Crippen molar-refractivity contribution in [1.29, 1.82) is 0 Å². The molecule has 0 aliphatic carbocycles. The van der Waals surface area contributed by atoms with E-state index in [0.29, 0.717) is 12.8 Å². The van der Waals surface area contributed by atoms with E-state index in [1.54, 1.807) is 6.20 Å². The molecule has 0 fully saturated rings. The second-order valence-corrected chi connectivity index (χ2v) is 8.32. The van der Waals surface area contributed by atoms with Crippen LogP contribution in [0.25, 0.3) is 10.9 Å². The maximum atomic E-state index is 12.8. The summed E-state index contributed by atoms with van der Waals surface area (Å²) < 4.78 is 0. The Morgan fingerprint density at radius 3 is 2.39 bits per heavy atom. The smallest absolute Gasteiger partial charge is 0.326 e. The molecule has 1 aromatic heterocycles. The van der Waals surface area contributed by atoms with E-state index in [1.165, 1.54) is 6.92 Å². The molecule has 2 atom stereocenters. The summed E-state index contributed by atoms with van der Waals surface area (Å²) >= 11 is 0. The molecule has 7 nitrogen and oxygen atoms in total. The summed E-state index contributed by atoms with van der Waals surface area (Å²) in [6.45, 7) is 7.39. The van der Waals surface area contributed by atoms with Gasteiger partial charge in [0.25, 0.3) is 0 Å². The van der Waals surface area contributed by atoms with Gasteiger partial charge in [-0.2, -0.15) is 0 Å². The quantitative estimate of drug-likeness (QED) is 0.558. The van der Waals surface area contributed by atoms with Crippen LogP contribution in [-0.2, 0) is 20.8 Å². The number of aromatic nitrogens is 1. The van der Waals surface area contributed by atoms with Crippen LogP contribution < -0.4 is 10.6 Å². The van der Waals surface area contributed by atoms with Crippen LogP contribution in [0.5, 0.6) is 0 Å². The van der Waals surface area contributed by atoms with Crippen LogP contribution in [0.2, 0.25) is 0 Å². The van der Waals surface area contributed by atoms with E-state index in [2.05, 4.69) is 15.6 Å². The van der Waals surface area contributed by atoms with E-state index in [0.717, 1.165) is 16.5 Å². The third-order valence-corrected chi connectivity index (χ3v) is 4.59. The number of carboxylic acid groups (broad SMARTS) is 1. The molecule has 0 unspecified atom stereocenters. The second-order valence-electron chi connectivity index (χ2n) is 8.32. The Hall–Kier alpha value is -2.83. The summed E-state index contributed by atoms with van der Waals surface area (Å²) in [6.07, 6.45) is 3.05. The van der Waals surface area contributed by atoms with E-state index in [-0.39, 0.29) is 17.7 Å². The van der Waals surface area contributed by atoms with Crippen molar-refractivity contribution in [2.75, 3.05) is 0 Å². The van der Waals surface area contributed by atoms with E-state index in [1.807, 2.05) is 45.0 Å². The maximum absolute atomic E-state index is 12.8. The van der Waals surface area contributed by atoms with Crippen molar-refractivity contribution >= 4 is 28.7 Å². The van der Waals surface area contributed by atoms with Gasteiger partial charge in [-0.3, -0.25) is 9.59 Å². The summed E-state index contributed by atoms with van der Waals surface area (Å²) in [5.41, 5.74) is 1.78. The Morgan fingerprint density at radius 2 is 1.79 bits per heavy atom. The van der Waals surface area contributed by atoms with Gasteiger partial charge in [0.1, 0.15) is 12.1 Å². The van der Waals surface area contributed by atoms with Gasteiger partial charge >= 0.3 is 5.97 Å². The minimum atomic E-state index is -1.08. The van der Waals surface area contributed by atoms with Crippen LogP contribution in [0.3, 0.4) is 0 Å². The zero-order valence-electron chi connectivity index (χ0n) is 16.8. The molecule has 0 spiro atoms. The molecular formula is C21H29N3O4. The molecule has 1 heterocycles. The molecule has 28 heavy (non-hydrogen) atoms. The molecule has 2 amide bonds. The number of H-pyrrole nitrogens is 1. The van der Waals surface area contributed by atoms with E-state index in [9.17, 15) is 19.5 Å². The highest BCUT2D eigenvalue weighted by Crippen LogP contribution is 2.22. The first-order valence-electron chi connectivity index (χ1n) is 9.42. The fourth-order valence-corrected chi connectivity index (χ4v) is 3.08. The molecule has 1 aromatic carbocycles. The van der Waals surface area contributed by atoms with E-state index >= 15 is 0 Å². The minimum absolute atomic E-state index is 0.0422. The summed E-state index contributed by atoms with van der Waals surface area (Å²) in [7, 11) is 0. The van der Waals surface area contributed by atoms with Crippen LogP contribution in [0.1, 0.15) is 46.1 Å². The lowest BCUT2D eigenvalue weighted by Gasteiger charge is -2.24. The highest BCUT2D eigenvalue weighted by Gasteiger charge is 2.27. The maximum Gasteiger partial charge on any atom is 0.326 e. The monoisotopic (exact) mass is 387 g/mol. The normalized spacial score (nSPS) is 13.7. The summed E-state index contributed by atoms with van der Waals surface area (Å²) in [6, 6.07) is 5.83. The number of nitrogens with one attached hydrogen (secondary N) is 3. The van der Waals surface area contributed by atoms with Crippen molar-refractivity contribution in [1.82, 2.24) is 15.6 Å². The molecule has 4 N–H and O–H groups in total. The van der Waals surface area contributed by atoms with Crippen molar-refractivity contribution in [2.45, 2.75) is 59.0 Å². The number of carboxylic acids is 1. The zero-order valence-corrected chi connectivity index (χ0v) is 16.8. The Bertz CT molecular complexity index is 851. The number of benzene rings is 1. The molecule has 0 bridgehead atoms. The fraction of sp³-hybridized carbons (Fsp3) is 0.476. The predicted molar refractivity (Wildman–Crippen MR) is 108 cm³/mol. The SMILES string of the molecule is CC(=O)N[C@@H](Cc1c[nH]c2ccccc12)C(=O)N[C@@H](CCC(C)(C)C)C(=O)O. The molecule has 7 heteroatoms. The second kappa shape index (κ2) is 8.91. The molecule has 0 radical (unpaired) electrons. The third-order valence-electron chi connectivity index (χ3n) is 4.59. The molecule has 0 aliphatic rings. The lowest BCUT2D eigenvalue weighted by Crippen LogP contribution is -2.52. The van der Waals surface area contributed by atoms with Crippen molar-refractivity contribution in [3.63, 3.8) is 0 Å². The summed E-state index contributed by atoms with van der Waals surface area (Å²) in [5, 5.41) is 15.7. The Kier molecular flexibility index (Phi) is 6.83. The zero-order chi connectivity index (χ0) is 20.9. The number of para-hydroxylation sites is 1. The first-order valence-corrected chi connectivity index (χ1v) is 9.42. The van der Waals surface area contributed by atoms with Gasteiger partial charge in [0.2, 0.25) is 11.8 Å². The van der Waals surface area contributed by atoms with E-state index in [4.69, 9.17) is 0 Å². The number of hydrogen-bond acceptors (Lipinski definition) is 3. The van der Waals surface area contributed by atoms with Crippen LogP contribution in [-0.4, -0.2) is 40.0 Å². The molecule has 0 saturated heterocycles. The van der Waals surface area contributed by atoms with Gasteiger partial charge in [-0.15, -0.1) is 0 Å². The average Bonchev–Trinajstić information content (AvgIpc) is 2.99. The van der Waals surface area contributed by atoms with Gasteiger partial charge in [-0.05, 0) is 29.9 Å². The summed E-state index contributed by atoms with van der Waals surface area (Å²) in [4.78, 5) is 39.1. The number of amides is 2. The number of aliphatic carboxylic acids is 1. The van der Waals surface area contributed by atoms with Gasteiger partial charge in [0.15, 0.2) is 0 Å². The topological polar surface area (TPSA) is 111 Å². The Balaban J connectivity index is 2.15. The number of rotatable bonds is 8. The van der Waals surface area contributed by atoms with Crippen LogP contribution in [0.4, 0.5) is 0 Å². The van der Waals surface area contributed by atoms with Gasteiger partial charge < -0.3 is 20.7 Å². The Morgan fingerprint density at radius 1 is 1.11 bits per heavy atom. The van der Waals surface area contributed by atoms with Gasteiger partial charge in [0, 0.05) is 30.4 Å². The predicted octanol–water partition coefficient (Wildman–Crippen LogP) is 2.61. The molecule has 2 rings (SSSR count). The fourth-order valence-electron chi connectivity index (χ4n) is 3.08. The molecular weight excluding hydrogens is 358 g/mol. The minimum Gasteiger partial charge on any atom is -0.480 e. The lowest BCUT2D eigenvalue weighted by molar-refractivity contribution is -0.142. The number of fused-ring (bicyclic) bond motifs is 1. The van der Waals surface area contributed by atoms with E-state index < -0.39 is 24.0 Å². The van der Waals surface area contributed by atoms with Gasteiger partial charge in [-0.25, -0.2) is 4.79 Å². The van der Waals surface area contributed by atoms with Crippen molar-refractivity contribution in [3.05, 3.63) is 36.0 Å². The standard InChI is InChI=1S/C21H29N3O4/c1-13(25)23-18(11-14-12-22-16-8-6-5-7-15(14)16)19(26)24-17(20(27)28)9-10-21(2,3)4/h5-8,12,17-18,22H,9-11H2,1-4H3,(H,23,25)(H,24,26)(H,27,28)/t17-,18-/m0/s1. The largest absolute Gasteiger partial charge is 0.480 e. The number of carbonyl (C=O) groups excluding carboxylic acids is 2. The molecule has 2 aromatic rings. The molecule has 0 aliphatic heterocycles. The average molecular weight is 387 g/mol. The van der Waals surface area contributed by atoms with Gasteiger partial charge in [-0.1, -0.05) is 39.0 Å². The van der Waals surface area contributed by atoms with Crippen molar-refractivity contribution in [2.24, 2.45) is 5.41 Å². The first kappa shape index (κ1) is 21.5. The van der Waals surface area contributed by atoms with Crippen molar-refractivity contribution in [3.8, 4) is 0 Å². The highest BCUT2D eigenvalue weighted by molar-refractivity contribution is 5.91. The highest BCUT2D eigenvalue weighted by atomic mass is 16.4. The number of carbonyl (C=O) groups is 3. The molecule has 152 valence electrons. The summed E-state index contributed by atoms with van der Waals surface area (Å²) in [5.74, 6) is -1.92.